The van der Waals surface area contributed by atoms with Crippen molar-refractivity contribution in [2.45, 2.75) is 6.54 Å². The van der Waals surface area contributed by atoms with Crippen LogP contribution >= 0.6 is 15.9 Å². The molecule has 0 radical (unpaired) electrons. The number of carbonyl (C=O) groups excluding carboxylic acids is 2. The van der Waals surface area contributed by atoms with Crippen LogP contribution in [0.4, 0.5) is 5.69 Å². The van der Waals surface area contributed by atoms with Crippen LogP contribution in [0.15, 0.2) is 53.3 Å². The largest absolute Gasteiger partial charge is 0.321 e. The summed E-state index contributed by atoms with van der Waals surface area (Å²) in [5.74, 6) is 4.52. The number of benzene rings is 1. The fourth-order valence-corrected chi connectivity index (χ4v) is 1.96. The van der Waals surface area contributed by atoms with Gasteiger partial charge in [-0.3, -0.25) is 15.0 Å². The van der Waals surface area contributed by atoms with Gasteiger partial charge in [-0.25, -0.2) is 5.84 Å². The Bertz CT molecular complexity index is 641. The molecule has 0 saturated carbocycles. The molecule has 0 aliphatic carbocycles. The van der Waals surface area contributed by atoms with Crippen molar-refractivity contribution < 1.29 is 14.2 Å². The molecule has 0 aliphatic rings. The quantitative estimate of drug-likeness (QED) is 0.332. The van der Waals surface area contributed by atoms with Gasteiger partial charge in [-0.2, -0.15) is 4.57 Å². The van der Waals surface area contributed by atoms with Gasteiger partial charge >= 0.3 is 0 Å². The van der Waals surface area contributed by atoms with Crippen LogP contribution in [0.25, 0.3) is 0 Å². The van der Waals surface area contributed by atoms with Crippen molar-refractivity contribution >= 4 is 33.4 Å². The van der Waals surface area contributed by atoms with Gasteiger partial charge in [0.15, 0.2) is 12.4 Å². The van der Waals surface area contributed by atoms with Crippen LogP contribution in [0.2, 0.25) is 0 Å². The Labute approximate surface area is 130 Å². The number of nitrogens with two attached hydrogens (primary N) is 1. The van der Waals surface area contributed by atoms with Gasteiger partial charge in [0.05, 0.1) is 5.56 Å². The molecular formula is C14H14BrN4O2+. The summed E-state index contributed by atoms with van der Waals surface area (Å²) in [6.45, 7) is 0.153. The number of carbonyl (C=O) groups is 2. The molecule has 1 heterocycles. The number of hydrazine groups is 1. The van der Waals surface area contributed by atoms with E-state index in [0.717, 1.165) is 10.2 Å². The second kappa shape index (κ2) is 6.96. The summed E-state index contributed by atoms with van der Waals surface area (Å²) in [5, 5.41) is 2.79. The minimum Gasteiger partial charge on any atom is -0.321 e. The smallest absolute Gasteiger partial charge is 0.290 e. The third kappa shape index (κ3) is 4.37. The van der Waals surface area contributed by atoms with Crippen LogP contribution in [-0.2, 0) is 11.3 Å². The van der Waals surface area contributed by atoms with Crippen LogP contribution in [0.1, 0.15) is 10.4 Å². The molecule has 6 nitrogen and oxygen atoms in total. The Morgan fingerprint density at radius 3 is 2.29 bits per heavy atom. The normalized spacial score (nSPS) is 10.0. The number of aromatic nitrogens is 1. The molecule has 0 spiro atoms. The summed E-state index contributed by atoms with van der Waals surface area (Å²) in [5.41, 5.74) is 3.20. The standard InChI is InChI=1S/C14H13BrN4O2/c15-11-1-3-12(4-2-11)17-13(20)9-19-7-5-10(6-8-19)14(21)18-16/h1-8,16H,9H2,(H2,17,20,21)/p+1. The van der Waals surface area contributed by atoms with Gasteiger partial charge in [0.25, 0.3) is 11.8 Å². The molecule has 21 heavy (non-hydrogen) atoms. The summed E-state index contributed by atoms with van der Waals surface area (Å²) in [6, 6.07) is 10.5. The van der Waals surface area contributed by atoms with E-state index in [0.29, 0.717) is 5.56 Å². The van der Waals surface area contributed by atoms with Crippen molar-refractivity contribution in [3.05, 3.63) is 58.8 Å². The second-order valence-corrected chi connectivity index (χ2v) is 5.20. The first kappa shape index (κ1) is 15.1. The fraction of sp³-hybridized carbons (Fsp3) is 0.0714. The van der Waals surface area contributed by atoms with E-state index in [1.54, 1.807) is 41.2 Å². The first-order chi connectivity index (χ1) is 10.1. The number of nitrogen functional groups attached to an aromatic ring is 1. The predicted molar refractivity (Wildman–Crippen MR) is 81.1 cm³/mol. The molecule has 0 unspecified atom stereocenters. The second-order valence-electron chi connectivity index (χ2n) is 4.29. The van der Waals surface area contributed by atoms with Crippen LogP contribution in [-0.4, -0.2) is 11.8 Å². The Hall–Kier alpha value is -2.25. The van der Waals surface area contributed by atoms with E-state index in [2.05, 4.69) is 21.2 Å². The molecule has 0 atom stereocenters. The maximum absolute atomic E-state index is 11.9. The zero-order chi connectivity index (χ0) is 15.2. The Balaban J connectivity index is 1.96. The number of rotatable bonds is 4. The van der Waals surface area contributed by atoms with Gasteiger partial charge < -0.3 is 5.32 Å². The van der Waals surface area contributed by atoms with Crippen LogP contribution < -0.4 is 21.2 Å². The number of nitrogens with one attached hydrogen (secondary N) is 2. The lowest BCUT2D eigenvalue weighted by molar-refractivity contribution is -0.684. The summed E-state index contributed by atoms with van der Waals surface area (Å²) < 4.78 is 2.62. The number of halogens is 1. The zero-order valence-corrected chi connectivity index (χ0v) is 12.6. The monoisotopic (exact) mass is 349 g/mol. The number of anilines is 1. The minimum absolute atomic E-state index is 0.153. The highest BCUT2D eigenvalue weighted by atomic mass is 79.9. The van der Waals surface area contributed by atoms with Crippen molar-refractivity contribution in [1.82, 2.24) is 5.43 Å². The molecule has 7 heteroatoms. The molecule has 4 N–H and O–H groups in total. The van der Waals surface area contributed by atoms with Gasteiger partial charge in [-0.1, -0.05) is 15.9 Å². The van der Waals surface area contributed by atoms with Gasteiger partial charge in [0, 0.05) is 22.3 Å². The van der Waals surface area contributed by atoms with Crippen molar-refractivity contribution in [3.63, 3.8) is 0 Å². The van der Waals surface area contributed by atoms with E-state index in [-0.39, 0.29) is 18.4 Å². The Kier molecular flexibility index (Phi) is 5.02. The third-order valence-corrected chi connectivity index (χ3v) is 3.27. The molecule has 108 valence electrons. The molecule has 0 bridgehead atoms. The maximum atomic E-state index is 11.9. The highest BCUT2D eigenvalue weighted by Gasteiger charge is 2.11. The summed E-state index contributed by atoms with van der Waals surface area (Å²) in [7, 11) is 0. The average Bonchev–Trinajstić information content (AvgIpc) is 2.49. The number of hydrogen-bond acceptors (Lipinski definition) is 3. The van der Waals surface area contributed by atoms with E-state index in [1.165, 1.54) is 0 Å². The maximum Gasteiger partial charge on any atom is 0.290 e. The van der Waals surface area contributed by atoms with Gasteiger partial charge in [0.2, 0.25) is 6.54 Å². The van der Waals surface area contributed by atoms with E-state index in [1.807, 2.05) is 17.6 Å². The summed E-state index contributed by atoms with van der Waals surface area (Å²) in [4.78, 5) is 23.2. The van der Waals surface area contributed by atoms with Gasteiger partial charge in [-0.05, 0) is 24.3 Å². The van der Waals surface area contributed by atoms with Gasteiger partial charge in [-0.15, -0.1) is 0 Å². The highest BCUT2D eigenvalue weighted by molar-refractivity contribution is 9.10. The Morgan fingerprint density at radius 1 is 1.10 bits per heavy atom. The molecule has 0 aliphatic heterocycles. The van der Waals surface area contributed by atoms with Crippen molar-refractivity contribution in [2.24, 2.45) is 5.84 Å². The lowest BCUT2D eigenvalue weighted by Gasteiger charge is -2.03. The lowest BCUT2D eigenvalue weighted by atomic mass is 10.2. The molecule has 0 fully saturated rings. The molecule has 1 aromatic carbocycles. The lowest BCUT2D eigenvalue weighted by Crippen LogP contribution is -2.40. The molecule has 2 rings (SSSR count). The molecule has 2 aromatic rings. The number of hydrogen-bond donors (Lipinski definition) is 3. The number of pyridine rings is 1. The van der Waals surface area contributed by atoms with Gasteiger partial charge in [0.1, 0.15) is 0 Å². The predicted octanol–water partition coefficient (Wildman–Crippen LogP) is 0.979. The third-order valence-electron chi connectivity index (χ3n) is 2.74. The first-order valence-electron chi connectivity index (χ1n) is 6.14. The first-order valence-corrected chi connectivity index (χ1v) is 6.93. The summed E-state index contributed by atoms with van der Waals surface area (Å²) >= 11 is 3.33. The van der Waals surface area contributed by atoms with Crippen LogP contribution in [0.3, 0.4) is 0 Å². The molecule has 0 saturated heterocycles. The SMILES string of the molecule is NNC(=O)c1cc[n+](CC(=O)Nc2ccc(Br)cc2)cc1. The van der Waals surface area contributed by atoms with E-state index in [9.17, 15) is 9.59 Å². The van der Waals surface area contributed by atoms with Crippen molar-refractivity contribution in [2.75, 3.05) is 5.32 Å². The van der Waals surface area contributed by atoms with E-state index >= 15 is 0 Å². The fourth-order valence-electron chi connectivity index (χ4n) is 1.70. The average molecular weight is 350 g/mol. The topological polar surface area (TPSA) is 88.1 Å². The molecule has 1 aromatic heterocycles. The molecule has 2 amide bonds. The zero-order valence-electron chi connectivity index (χ0n) is 11.0. The van der Waals surface area contributed by atoms with Crippen molar-refractivity contribution in [1.29, 1.82) is 0 Å². The van der Waals surface area contributed by atoms with Crippen LogP contribution in [0, 0.1) is 0 Å². The summed E-state index contributed by atoms with van der Waals surface area (Å²) in [6.07, 6.45) is 3.29. The number of amides is 2. The van der Waals surface area contributed by atoms with E-state index < -0.39 is 0 Å². The minimum atomic E-state index is -0.374. The number of nitrogens with zero attached hydrogens (tertiary/aromatic N) is 1. The highest BCUT2D eigenvalue weighted by Crippen LogP contribution is 2.13. The molecular weight excluding hydrogens is 336 g/mol. The van der Waals surface area contributed by atoms with Crippen LogP contribution in [0.5, 0.6) is 0 Å². The van der Waals surface area contributed by atoms with Crippen molar-refractivity contribution in [3.8, 4) is 0 Å². The van der Waals surface area contributed by atoms with E-state index in [4.69, 9.17) is 5.84 Å². The Morgan fingerprint density at radius 2 is 1.71 bits per heavy atom.